The van der Waals surface area contributed by atoms with E-state index in [1.54, 1.807) is 6.08 Å². The third-order valence-corrected chi connectivity index (χ3v) is 6.68. The Hall–Kier alpha value is -3.83. The summed E-state index contributed by atoms with van der Waals surface area (Å²) in [4.78, 5) is 39.6. The van der Waals surface area contributed by atoms with Crippen molar-refractivity contribution in [3.05, 3.63) is 95.8 Å². The Labute approximate surface area is 239 Å². The number of ether oxygens (including phenoxy) is 5. The molecule has 2 aliphatic rings. The van der Waals surface area contributed by atoms with Crippen LogP contribution in [0.3, 0.4) is 0 Å². The number of rotatable bonds is 14. The number of hydrogen-bond donors (Lipinski definition) is 1. The number of nitrogens with zero attached hydrogens (tertiary/aromatic N) is 1. The van der Waals surface area contributed by atoms with Gasteiger partial charge in [0.05, 0.1) is 32.5 Å². The fourth-order valence-corrected chi connectivity index (χ4v) is 4.53. The largest absolute Gasteiger partial charge is 0.479 e. The molecule has 4 atom stereocenters. The van der Waals surface area contributed by atoms with Gasteiger partial charge in [0, 0.05) is 7.11 Å². The summed E-state index contributed by atoms with van der Waals surface area (Å²) in [5.74, 6) is -0.776. The van der Waals surface area contributed by atoms with Gasteiger partial charge in [-0.1, -0.05) is 60.7 Å². The number of carbonyl (C=O) groups is 3. The summed E-state index contributed by atoms with van der Waals surface area (Å²) in [6, 6.07) is 18.6. The summed E-state index contributed by atoms with van der Waals surface area (Å²) in [5, 5.41) is 9.57. The first-order valence-electron chi connectivity index (χ1n) is 13.5. The van der Waals surface area contributed by atoms with Crippen molar-refractivity contribution in [2.45, 2.75) is 43.8 Å². The molecule has 2 amide bonds. The van der Waals surface area contributed by atoms with Gasteiger partial charge in [0.2, 0.25) is 0 Å². The molecule has 2 aromatic rings. The molecule has 0 aliphatic carbocycles. The number of benzene rings is 2. The number of ketones is 1. The Bertz CT molecular complexity index is 1210. The number of carbonyl (C=O) groups excluding carboxylic acids is 3. The fraction of sp³-hybridized carbons (Fsp3) is 0.387. The van der Waals surface area contributed by atoms with Gasteiger partial charge in [-0.3, -0.25) is 9.59 Å². The highest BCUT2D eigenvalue weighted by atomic mass is 16.6. The van der Waals surface area contributed by atoms with Gasteiger partial charge in [0.15, 0.2) is 18.0 Å². The smallest absolute Gasteiger partial charge is 0.417 e. The lowest BCUT2D eigenvalue weighted by atomic mass is 10.0. The van der Waals surface area contributed by atoms with E-state index in [9.17, 15) is 19.5 Å². The normalized spacial score (nSPS) is 21.0. The molecule has 1 N–H and O–H groups in total. The lowest BCUT2D eigenvalue weighted by molar-refractivity contribution is -0.153. The van der Waals surface area contributed by atoms with Gasteiger partial charge in [0.1, 0.15) is 18.5 Å². The summed E-state index contributed by atoms with van der Waals surface area (Å²) in [6.45, 7) is 0.773. The number of cyclic esters (lactones) is 1. The van der Waals surface area contributed by atoms with Crippen LogP contribution in [0.4, 0.5) is 4.79 Å². The number of hydrogen-bond acceptors (Lipinski definition) is 9. The number of aliphatic hydroxyl groups excluding tert-OH is 1. The van der Waals surface area contributed by atoms with Gasteiger partial charge in [-0.15, -0.1) is 0 Å². The predicted octanol–water partition coefficient (Wildman–Crippen LogP) is 2.98. The van der Waals surface area contributed by atoms with Gasteiger partial charge in [0.25, 0.3) is 5.91 Å². The maximum atomic E-state index is 13.4. The van der Waals surface area contributed by atoms with Crippen molar-refractivity contribution in [3.63, 3.8) is 0 Å². The van der Waals surface area contributed by atoms with Gasteiger partial charge in [-0.2, -0.15) is 0 Å². The fourth-order valence-electron chi connectivity index (χ4n) is 4.53. The minimum Gasteiger partial charge on any atom is -0.479 e. The summed E-state index contributed by atoms with van der Waals surface area (Å²) in [6.07, 6.45) is 1.57. The Balaban J connectivity index is 1.29. The zero-order valence-corrected chi connectivity index (χ0v) is 22.9. The standard InChI is InChI=1S/C31H35NO9/c1-37-29(30(35)32-24(20-40-31(32)36)17-22-9-4-2-5-10-22)28-27(34)15-14-25(41-28)13-8-16-38-21-26(18-33)39-19-23-11-6-3-7-12-23/h2-7,9-15,24,26,28-29,33H,8,16-21H2,1H3/t24-,26+,28-,29-/m0/s1. The molecule has 4 rings (SSSR count). The maximum absolute atomic E-state index is 13.4. The number of imide groups is 1. The van der Waals surface area contributed by atoms with E-state index in [1.807, 2.05) is 60.7 Å². The quantitative estimate of drug-likeness (QED) is 0.345. The highest BCUT2D eigenvalue weighted by molar-refractivity contribution is 6.03. The minimum absolute atomic E-state index is 0.0505. The van der Waals surface area contributed by atoms with Crippen LogP contribution < -0.4 is 0 Å². The van der Waals surface area contributed by atoms with E-state index in [2.05, 4.69) is 0 Å². The summed E-state index contributed by atoms with van der Waals surface area (Å²) < 4.78 is 27.7. The number of methoxy groups -OCH3 is 1. The van der Waals surface area contributed by atoms with Crippen LogP contribution in [0.25, 0.3) is 0 Å². The maximum Gasteiger partial charge on any atom is 0.417 e. The molecule has 0 saturated carbocycles. The van der Waals surface area contributed by atoms with E-state index in [1.165, 1.54) is 19.3 Å². The van der Waals surface area contributed by atoms with E-state index < -0.39 is 42.1 Å². The molecule has 1 fully saturated rings. The second-order valence-corrected chi connectivity index (χ2v) is 9.63. The molecule has 2 aromatic carbocycles. The molecule has 0 unspecified atom stereocenters. The van der Waals surface area contributed by atoms with Crippen molar-refractivity contribution < 1.29 is 43.2 Å². The van der Waals surface area contributed by atoms with Crippen molar-refractivity contribution in [3.8, 4) is 0 Å². The second kappa shape index (κ2) is 15.2. The number of amides is 2. The molecular formula is C31H35NO9. The predicted molar refractivity (Wildman–Crippen MR) is 148 cm³/mol. The van der Waals surface area contributed by atoms with Crippen LogP contribution in [0.15, 0.2) is 84.7 Å². The third kappa shape index (κ3) is 8.34. The first-order valence-corrected chi connectivity index (χ1v) is 13.5. The molecule has 2 heterocycles. The molecule has 0 spiro atoms. The van der Waals surface area contributed by atoms with Gasteiger partial charge >= 0.3 is 6.09 Å². The highest BCUT2D eigenvalue weighted by Gasteiger charge is 2.46. The molecule has 10 nitrogen and oxygen atoms in total. The Morgan fingerprint density at radius 1 is 1.07 bits per heavy atom. The van der Waals surface area contributed by atoms with Crippen molar-refractivity contribution in [1.29, 1.82) is 0 Å². The Morgan fingerprint density at radius 3 is 2.46 bits per heavy atom. The lowest BCUT2D eigenvalue weighted by Crippen LogP contribution is -2.53. The van der Waals surface area contributed by atoms with Crippen molar-refractivity contribution in [2.75, 3.05) is 33.5 Å². The van der Waals surface area contributed by atoms with Crippen molar-refractivity contribution in [2.24, 2.45) is 0 Å². The average Bonchev–Trinajstić information content (AvgIpc) is 3.36. The van der Waals surface area contributed by atoms with Crippen LogP contribution in [0, 0.1) is 0 Å². The Morgan fingerprint density at radius 2 is 1.78 bits per heavy atom. The van der Waals surface area contributed by atoms with E-state index in [4.69, 9.17) is 23.7 Å². The van der Waals surface area contributed by atoms with E-state index in [0.29, 0.717) is 31.8 Å². The Kier molecular flexibility index (Phi) is 11.2. The van der Waals surface area contributed by atoms with Crippen LogP contribution >= 0.6 is 0 Å². The molecule has 1 saturated heterocycles. The second-order valence-electron chi connectivity index (χ2n) is 9.63. The highest BCUT2D eigenvalue weighted by Crippen LogP contribution is 2.24. The lowest BCUT2D eigenvalue weighted by Gasteiger charge is -2.30. The molecule has 41 heavy (non-hydrogen) atoms. The molecule has 10 heteroatoms. The first-order chi connectivity index (χ1) is 20.0. The van der Waals surface area contributed by atoms with Gasteiger partial charge < -0.3 is 28.8 Å². The number of aliphatic hydroxyl groups is 1. The summed E-state index contributed by atoms with van der Waals surface area (Å²) in [5.41, 5.74) is 1.94. The zero-order valence-electron chi connectivity index (χ0n) is 22.9. The molecule has 218 valence electrons. The van der Waals surface area contributed by atoms with Crippen molar-refractivity contribution in [1.82, 2.24) is 4.90 Å². The minimum atomic E-state index is -1.34. The topological polar surface area (TPSA) is 121 Å². The summed E-state index contributed by atoms with van der Waals surface area (Å²) in [7, 11) is 1.29. The molecule has 0 aromatic heterocycles. The molecule has 0 bridgehead atoms. The summed E-state index contributed by atoms with van der Waals surface area (Å²) >= 11 is 0. The molecule has 2 aliphatic heterocycles. The van der Waals surface area contributed by atoms with Crippen LogP contribution in [0.5, 0.6) is 0 Å². The van der Waals surface area contributed by atoms with E-state index in [-0.39, 0.29) is 19.8 Å². The zero-order chi connectivity index (χ0) is 29.0. The van der Waals surface area contributed by atoms with Crippen LogP contribution in [0.1, 0.15) is 17.5 Å². The molecule has 0 radical (unpaired) electrons. The third-order valence-electron chi connectivity index (χ3n) is 6.68. The van der Waals surface area contributed by atoms with Gasteiger partial charge in [-0.25, -0.2) is 9.69 Å². The van der Waals surface area contributed by atoms with E-state index in [0.717, 1.165) is 16.0 Å². The monoisotopic (exact) mass is 565 g/mol. The van der Waals surface area contributed by atoms with Crippen molar-refractivity contribution >= 4 is 17.8 Å². The van der Waals surface area contributed by atoms with E-state index >= 15 is 0 Å². The SMILES string of the molecule is CO[C@H](C(=O)N1C(=O)OC[C@@H]1Cc1ccccc1)[C@H]1OC(=CCCOC[C@@H](CO)OCc2ccccc2)C=CC1=O. The molecular weight excluding hydrogens is 530 g/mol. The average molecular weight is 566 g/mol. The van der Waals surface area contributed by atoms with Gasteiger partial charge in [-0.05, 0) is 42.2 Å². The van der Waals surface area contributed by atoms with Crippen LogP contribution in [-0.4, -0.2) is 85.7 Å². The van der Waals surface area contributed by atoms with Crippen LogP contribution in [0.2, 0.25) is 0 Å². The number of allylic oxidation sites excluding steroid dienone is 1. The van der Waals surface area contributed by atoms with Crippen LogP contribution in [-0.2, 0) is 46.3 Å². The first kappa shape index (κ1) is 30.1.